The maximum atomic E-state index is 12.9. The Kier molecular flexibility index (Phi) is 4.64. The molecule has 0 amide bonds. The molecule has 1 fully saturated rings. The number of pyridine rings is 1. The Hall–Kier alpha value is -1.59. The maximum Gasteiger partial charge on any atom is 0.122 e. The van der Waals surface area contributed by atoms with Crippen molar-refractivity contribution in [1.82, 2.24) is 4.98 Å². The number of hydrogen-bond donors (Lipinski definition) is 1. The molecule has 22 heavy (non-hydrogen) atoms. The number of nitrogens with zero attached hydrogens (tertiary/aromatic N) is 1. The van der Waals surface area contributed by atoms with Crippen molar-refractivity contribution >= 4 is 33.7 Å². The number of aromatic nitrogens is 1. The molecule has 2 aromatic rings. The third kappa shape index (κ3) is 2.83. The second-order valence-corrected chi connectivity index (χ2v) is 7.60. The molecule has 1 aliphatic heterocycles. The Morgan fingerprint density at radius 3 is 2.68 bits per heavy atom. The lowest BCUT2D eigenvalue weighted by molar-refractivity contribution is 0.579. The van der Waals surface area contributed by atoms with Gasteiger partial charge in [0.25, 0.3) is 0 Å². The van der Waals surface area contributed by atoms with Crippen LogP contribution in [0.1, 0.15) is 24.8 Å². The third-order valence-electron chi connectivity index (χ3n) is 4.02. The van der Waals surface area contributed by atoms with Gasteiger partial charge in [-0.1, -0.05) is 42.9 Å². The molecule has 0 spiro atoms. The lowest BCUT2D eigenvalue weighted by atomic mass is 9.92. The molecule has 114 valence electrons. The van der Waals surface area contributed by atoms with E-state index >= 15 is 0 Å². The fourth-order valence-electron chi connectivity index (χ4n) is 2.87. The molecule has 0 saturated carbocycles. The van der Waals surface area contributed by atoms with Crippen LogP contribution in [0.25, 0.3) is 0 Å². The molecule has 0 radical (unpaired) electrons. The Morgan fingerprint density at radius 2 is 2.00 bits per heavy atom. The van der Waals surface area contributed by atoms with Gasteiger partial charge in [0.05, 0.1) is 0 Å². The summed E-state index contributed by atoms with van der Waals surface area (Å²) in [5.74, 6) is 0.686. The van der Waals surface area contributed by atoms with Gasteiger partial charge in [0, 0.05) is 34.6 Å². The molecule has 1 N–H and O–H groups in total. The summed E-state index contributed by atoms with van der Waals surface area (Å²) in [4.78, 5) is 4.84. The van der Waals surface area contributed by atoms with E-state index in [4.69, 9.17) is 12.2 Å². The first-order valence-corrected chi connectivity index (χ1v) is 9.12. The van der Waals surface area contributed by atoms with E-state index in [0.717, 1.165) is 30.5 Å². The second kappa shape index (κ2) is 6.67. The van der Waals surface area contributed by atoms with E-state index in [1.54, 1.807) is 12.4 Å². The highest BCUT2D eigenvalue weighted by Crippen LogP contribution is 2.39. The van der Waals surface area contributed by atoms with E-state index in [1.165, 1.54) is 0 Å². The first-order chi connectivity index (χ1) is 10.7. The van der Waals surface area contributed by atoms with Crippen LogP contribution in [-0.2, 0) is 15.5 Å². The number of anilines is 1. The fourth-order valence-corrected chi connectivity index (χ4v) is 5.32. The number of para-hydroxylation sites is 1. The quantitative estimate of drug-likeness (QED) is 0.872. The molecular formula is C17H18N2OS2. The summed E-state index contributed by atoms with van der Waals surface area (Å²) in [7, 11) is -1.04. The van der Waals surface area contributed by atoms with Gasteiger partial charge < -0.3 is 5.32 Å². The number of nitrogens with one attached hydrogen (secondary N) is 1. The molecule has 2 heterocycles. The van der Waals surface area contributed by atoms with Crippen LogP contribution >= 0.6 is 12.2 Å². The summed E-state index contributed by atoms with van der Waals surface area (Å²) in [5, 5.41) is 3.29. The highest BCUT2D eigenvalue weighted by Gasteiger charge is 2.44. The van der Waals surface area contributed by atoms with Crippen molar-refractivity contribution in [2.45, 2.75) is 24.0 Å². The van der Waals surface area contributed by atoms with Crippen LogP contribution in [0.2, 0.25) is 0 Å². The summed E-state index contributed by atoms with van der Waals surface area (Å²) in [6, 6.07) is 13.7. The Labute approximate surface area is 138 Å². The van der Waals surface area contributed by atoms with Crippen LogP contribution in [0.4, 0.5) is 5.69 Å². The van der Waals surface area contributed by atoms with E-state index in [-0.39, 0.29) is 0 Å². The summed E-state index contributed by atoms with van der Waals surface area (Å²) < 4.78 is 12.3. The van der Waals surface area contributed by atoms with E-state index < -0.39 is 15.5 Å². The van der Waals surface area contributed by atoms with E-state index in [2.05, 4.69) is 10.3 Å². The normalized spacial score (nSPS) is 24.6. The van der Waals surface area contributed by atoms with Crippen LogP contribution < -0.4 is 5.32 Å². The summed E-state index contributed by atoms with van der Waals surface area (Å²) in [6.45, 7) is 0. The van der Waals surface area contributed by atoms with Gasteiger partial charge in [0.15, 0.2) is 0 Å². The van der Waals surface area contributed by atoms with Crippen molar-refractivity contribution in [2.24, 2.45) is 0 Å². The molecule has 3 nitrogen and oxygen atoms in total. The zero-order valence-electron chi connectivity index (χ0n) is 12.2. The van der Waals surface area contributed by atoms with Crippen LogP contribution in [0.3, 0.4) is 0 Å². The number of benzene rings is 1. The van der Waals surface area contributed by atoms with Crippen LogP contribution in [0, 0.1) is 0 Å². The van der Waals surface area contributed by atoms with Crippen LogP contribution in [-0.4, -0.2) is 19.9 Å². The molecule has 3 rings (SSSR count). The summed E-state index contributed by atoms with van der Waals surface area (Å²) in [5.41, 5.74) is 1.87. The van der Waals surface area contributed by atoms with Crippen molar-refractivity contribution in [2.75, 3.05) is 11.1 Å². The van der Waals surface area contributed by atoms with E-state index in [1.807, 2.05) is 42.5 Å². The molecule has 0 bridgehead atoms. The van der Waals surface area contributed by atoms with Crippen molar-refractivity contribution in [3.63, 3.8) is 0 Å². The largest absolute Gasteiger partial charge is 0.348 e. The zero-order valence-corrected chi connectivity index (χ0v) is 13.8. The first-order valence-electron chi connectivity index (χ1n) is 7.39. The molecule has 1 aromatic heterocycles. The van der Waals surface area contributed by atoms with Crippen molar-refractivity contribution in [1.29, 1.82) is 0 Å². The molecule has 5 heteroatoms. The maximum absolute atomic E-state index is 12.9. The highest BCUT2D eigenvalue weighted by atomic mass is 32.2. The highest BCUT2D eigenvalue weighted by molar-refractivity contribution is 7.90. The average Bonchev–Trinajstić information content (AvgIpc) is 2.57. The lowest BCUT2D eigenvalue weighted by Gasteiger charge is -2.37. The second-order valence-electron chi connectivity index (χ2n) is 5.40. The Morgan fingerprint density at radius 1 is 1.18 bits per heavy atom. The van der Waals surface area contributed by atoms with Gasteiger partial charge in [0.2, 0.25) is 0 Å². The molecular weight excluding hydrogens is 312 g/mol. The lowest BCUT2D eigenvalue weighted by Crippen LogP contribution is -2.46. The van der Waals surface area contributed by atoms with E-state index in [0.29, 0.717) is 10.7 Å². The minimum absolute atomic E-state index is 0.627. The topological polar surface area (TPSA) is 42.0 Å². The van der Waals surface area contributed by atoms with Gasteiger partial charge in [0.1, 0.15) is 9.74 Å². The zero-order chi connectivity index (χ0) is 15.4. The van der Waals surface area contributed by atoms with Gasteiger partial charge >= 0.3 is 0 Å². The molecule has 1 saturated heterocycles. The summed E-state index contributed by atoms with van der Waals surface area (Å²) in [6.07, 6.45) is 6.34. The Bertz CT molecular complexity index is 676. The fraction of sp³-hybridized carbons (Fsp3) is 0.294. The minimum atomic E-state index is -1.04. The van der Waals surface area contributed by atoms with Crippen LogP contribution in [0.5, 0.6) is 0 Å². The SMILES string of the molecule is O=[S@@]1CCCC[C@]1(C(=S)Nc1ccccc1)c1cccnc1. The number of rotatable bonds is 3. The predicted octanol–water partition coefficient (Wildman–Crippen LogP) is 3.65. The smallest absolute Gasteiger partial charge is 0.122 e. The van der Waals surface area contributed by atoms with Crippen LogP contribution in [0.15, 0.2) is 54.9 Å². The molecule has 0 aliphatic carbocycles. The molecule has 0 unspecified atom stereocenters. The average molecular weight is 330 g/mol. The monoisotopic (exact) mass is 330 g/mol. The van der Waals surface area contributed by atoms with Gasteiger partial charge in [-0.2, -0.15) is 0 Å². The number of hydrogen-bond acceptors (Lipinski definition) is 3. The third-order valence-corrected chi connectivity index (χ3v) is 6.68. The first kappa shape index (κ1) is 15.3. The van der Waals surface area contributed by atoms with Crippen molar-refractivity contribution in [3.05, 3.63) is 60.4 Å². The van der Waals surface area contributed by atoms with E-state index in [9.17, 15) is 4.21 Å². The molecule has 2 atom stereocenters. The number of thiocarbonyl (C=S) groups is 1. The predicted molar refractivity (Wildman–Crippen MR) is 95.4 cm³/mol. The van der Waals surface area contributed by atoms with Gasteiger partial charge in [-0.3, -0.25) is 9.19 Å². The van der Waals surface area contributed by atoms with Crippen molar-refractivity contribution in [3.8, 4) is 0 Å². The molecule has 1 aliphatic rings. The standard InChI is InChI=1S/C17H18N2OS2/c20-22-12-5-4-10-17(22,14-7-6-11-18-13-14)16(21)19-15-8-2-1-3-9-15/h1-3,6-9,11,13H,4-5,10,12H2,(H,19,21)/t17-,22-/m1/s1. The van der Waals surface area contributed by atoms with Crippen molar-refractivity contribution < 1.29 is 4.21 Å². The van der Waals surface area contributed by atoms with Gasteiger partial charge in [-0.25, -0.2) is 0 Å². The van der Waals surface area contributed by atoms with Gasteiger partial charge in [-0.15, -0.1) is 0 Å². The Balaban J connectivity index is 1.99. The molecule has 1 aromatic carbocycles. The van der Waals surface area contributed by atoms with Gasteiger partial charge in [-0.05, 0) is 36.6 Å². The summed E-state index contributed by atoms with van der Waals surface area (Å²) >= 11 is 5.70. The minimum Gasteiger partial charge on any atom is -0.348 e.